The number of nitrogens with one attached hydrogen (secondary N) is 2. The highest BCUT2D eigenvalue weighted by Crippen LogP contribution is 2.18. The lowest BCUT2D eigenvalue weighted by Gasteiger charge is -2.14. The lowest BCUT2D eigenvalue weighted by molar-refractivity contribution is 0.102. The van der Waals surface area contributed by atoms with Gasteiger partial charge in [0.25, 0.3) is 5.91 Å². The molecule has 1 amide bonds. The van der Waals surface area contributed by atoms with Crippen LogP contribution in [0.1, 0.15) is 28.9 Å². The maximum absolute atomic E-state index is 12.2. The van der Waals surface area contributed by atoms with Gasteiger partial charge in [-0.2, -0.15) is 0 Å². The summed E-state index contributed by atoms with van der Waals surface area (Å²) in [4.78, 5) is 12.2. The van der Waals surface area contributed by atoms with Crippen LogP contribution in [0, 0.1) is 0 Å². The van der Waals surface area contributed by atoms with Crippen LogP contribution < -0.4 is 15.4 Å². The Morgan fingerprint density at radius 3 is 2.19 bits per heavy atom. The van der Waals surface area contributed by atoms with Crippen LogP contribution >= 0.6 is 0 Å². The van der Waals surface area contributed by atoms with Crippen LogP contribution in [0.2, 0.25) is 0 Å². The second kappa shape index (κ2) is 8.11. The molecule has 0 bridgehead atoms. The summed E-state index contributed by atoms with van der Waals surface area (Å²) in [5.41, 5.74) is 1.68. The lowest BCUT2D eigenvalue weighted by atomic mass is 10.1. The van der Waals surface area contributed by atoms with Crippen molar-refractivity contribution in [2.24, 2.45) is 0 Å². The average molecular weight is 348 g/mol. The molecule has 1 atom stereocenters. The zero-order chi connectivity index (χ0) is 18.4. The van der Waals surface area contributed by atoms with E-state index in [1.165, 1.54) is 0 Å². The number of ether oxygens (including phenoxy) is 1. The monoisotopic (exact) mass is 348 g/mol. The molecule has 0 saturated heterocycles. The predicted molar refractivity (Wildman–Crippen MR) is 101 cm³/mol. The van der Waals surface area contributed by atoms with Crippen molar-refractivity contribution < 1.29 is 9.53 Å². The van der Waals surface area contributed by atoms with Gasteiger partial charge in [-0.05, 0) is 48.9 Å². The quantitative estimate of drug-likeness (QED) is 0.706. The largest absolute Gasteiger partial charge is 0.497 e. The number of benzene rings is 2. The molecule has 0 spiro atoms. The highest BCUT2D eigenvalue weighted by molar-refractivity contribution is 6.03. The average Bonchev–Trinajstić information content (AvgIpc) is 2.70. The van der Waals surface area contributed by atoms with E-state index in [2.05, 4.69) is 39.9 Å². The minimum Gasteiger partial charge on any atom is -0.497 e. The van der Waals surface area contributed by atoms with Gasteiger partial charge in [0.15, 0.2) is 5.82 Å². The second-order valence-electron chi connectivity index (χ2n) is 5.76. The van der Waals surface area contributed by atoms with E-state index in [-0.39, 0.29) is 11.9 Å². The number of carbonyl (C=O) groups is 1. The van der Waals surface area contributed by atoms with Gasteiger partial charge < -0.3 is 15.4 Å². The van der Waals surface area contributed by atoms with E-state index >= 15 is 0 Å². The van der Waals surface area contributed by atoms with E-state index in [0.717, 1.165) is 5.56 Å². The number of rotatable bonds is 6. The summed E-state index contributed by atoms with van der Waals surface area (Å²) in [6.45, 7) is 2.05. The molecule has 0 radical (unpaired) electrons. The fraction of sp³-hybridized carbons (Fsp3) is 0.150. The number of hydrogen-bond donors (Lipinski definition) is 2. The molecule has 3 aromatic rings. The Bertz CT molecular complexity index is 849. The lowest BCUT2D eigenvalue weighted by Crippen LogP contribution is -2.14. The highest BCUT2D eigenvalue weighted by Gasteiger charge is 2.09. The number of methoxy groups -OCH3 is 1. The summed E-state index contributed by atoms with van der Waals surface area (Å²) in [5, 5.41) is 14.2. The van der Waals surface area contributed by atoms with Gasteiger partial charge in [-0.25, -0.2) is 0 Å². The van der Waals surface area contributed by atoms with Crippen molar-refractivity contribution in [1.82, 2.24) is 10.2 Å². The molecule has 0 aliphatic rings. The highest BCUT2D eigenvalue weighted by atomic mass is 16.5. The minimum atomic E-state index is -0.250. The van der Waals surface area contributed by atoms with Crippen LogP contribution in [0.15, 0.2) is 66.7 Å². The Kier molecular flexibility index (Phi) is 5.43. The normalized spacial score (nSPS) is 11.5. The third-order valence-electron chi connectivity index (χ3n) is 3.92. The van der Waals surface area contributed by atoms with Crippen LogP contribution in [0.25, 0.3) is 0 Å². The molecule has 1 aromatic heterocycles. The Morgan fingerprint density at radius 2 is 1.58 bits per heavy atom. The first kappa shape index (κ1) is 17.4. The van der Waals surface area contributed by atoms with E-state index in [9.17, 15) is 4.79 Å². The molecular weight excluding hydrogens is 328 g/mol. The number of aromatic nitrogens is 2. The molecule has 2 N–H and O–H groups in total. The fourth-order valence-electron chi connectivity index (χ4n) is 2.45. The Balaban J connectivity index is 1.61. The molecule has 2 aromatic carbocycles. The molecule has 26 heavy (non-hydrogen) atoms. The van der Waals surface area contributed by atoms with Gasteiger partial charge in [0.1, 0.15) is 11.6 Å². The van der Waals surface area contributed by atoms with Crippen LogP contribution in [0.4, 0.5) is 11.6 Å². The van der Waals surface area contributed by atoms with Gasteiger partial charge in [0, 0.05) is 11.6 Å². The first-order valence-corrected chi connectivity index (χ1v) is 8.26. The summed E-state index contributed by atoms with van der Waals surface area (Å²) in [6, 6.07) is 20.5. The summed E-state index contributed by atoms with van der Waals surface area (Å²) in [5.74, 6) is 1.48. The zero-order valence-corrected chi connectivity index (χ0v) is 14.6. The Hall–Kier alpha value is -3.41. The number of nitrogens with zero attached hydrogens (tertiary/aromatic N) is 2. The molecule has 6 nitrogen and oxygen atoms in total. The van der Waals surface area contributed by atoms with Crippen LogP contribution in [0.5, 0.6) is 5.75 Å². The SMILES string of the molecule is COc1ccc(C(=O)Nc2ccc(NC(C)c3ccccc3)nn2)cc1. The zero-order valence-electron chi connectivity index (χ0n) is 14.6. The van der Waals surface area contributed by atoms with E-state index < -0.39 is 0 Å². The van der Waals surface area contributed by atoms with Crippen molar-refractivity contribution in [2.75, 3.05) is 17.7 Å². The van der Waals surface area contributed by atoms with Gasteiger partial charge in [0.05, 0.1) is 7.11 Å². The summed E-state index contributed by atoms with van der Waals surface area (Å²) < 4.78 is 5.08. The van der Waals surface area contributed by atoms with E-state index in [1.807, 2.05) is 18.2 Å². The molecule has 132 valence electrons. The minimum absolute atomic E-state index is 0.102. The number of anilines is 2. The van der Waals surface area contributed by atoms with Crippen LogP contribution in [-0.2, 0) is 0 Å². The van der Waals surface area contributed by atoms with Crippen molar-refractivity contribution in [3.63, 3.8) is 0 Å². The van der Waals surface area contributed by atoms with Crippen molar-refractivity contribution in [1.29, 1.82) is 0 Å². The van der Waals surface area contributed by atoms with Gasteiger partial charge in [-0.1, -0.05) is 30.3 Å². The fourth-order valence-corrected chi connectivity index (χ4v) is 2.45. The van der Waals surface area contributed by atoms with Gasteiger partial charge >= 0.3 is 0 Å². The number of carbonyl (C=O) groups excluding carboxylic acids is 1. The molecule has 1 heterocycles. The molecule has 0 aliphatic carbocycles. The van der Waals surface area contributed by atoms with Crippen molar-refractivity contribution in [2.45, 2.75) is 13.0 Å². The van der Waals surface area contributed by atoms with Crippen molar-refractivity contribution in [3.05, 3.63) is 77.9 Å². The van der Waals surface area contributed by atoms with Gasteiger partial charge in [-0.15, -0.1) is 10.2 Å². The summed E-state index contributed by atoms with van der Waals surface area (Å²) >= 11 is 0. The molecule has 0 fully saturated rings. The predicted octanol–water partition coefficient (Wildman–Crippen LogP) is 3.91. The molecule has 0 saturated carbocycles. The molecule has 0 aliphatic heterocycles. The Morgan fingerprint density at radius 1 is 0.923 bits per heavy atom. The third kappa shape index (κ3) is 4.36. The van der Waals surface area contributed by atoms with Crippen molar-refractivity contribution in [3.8, 4) is 5.75 Å². The topological polar surface area (TPSA) is 76.1 Å². The molecular formula is C20H20N4O2. The summed E-state index contributed by atoms with van der Waals surface area (Å²) in [7, 11) is 1.58. The van der Waals surface area contributed by atoms with Crippen LogP contribution in [0.3, 0.4) is 0 Å². The maximum Gasteiger partial charge on any atom is 0.256 e. The maximum atomic E-state index is 12.2. The molecule has 1 unspecified atom stereocenters. The first-order chi connectivity index (χ1) is 12.7. The Labute approximate surface area is 152 Å². The first-order valence-electron chi connectivity index (χ1n) is 8.26. The standard InChI is InChI=1S/C20H20N4O2/c1-14(15-6-4-3-5-7-15)21-18-12-13-19(24-23-18)22-20(25)16-8-10-17(26-2)11-9-16/h3-14H,1-2H3,(H,21,23)(H,22,24,25). The van der Waals surface area contributed by atoms with Crippen LogP contribution in [-0.4, -0.2) is 23.2 Å². The molecule has 3 rings (SSSR count). The number of amides is 1. The summed E-state index contributed by atoms with van der Waals surface area (Å²) in [6.07, 6.45) is 0. The van der Waals surface area contributed by atoms with Gasteiger partial charge in [-0.3, -0.25) is 4.79 Å². The van der Waals surface area contributed by atoms with E-state index in [1.54, 1.807) is 43.5 Å². The number of hydrogen-bond acceptors (Lipinski definition) is 5. The molecule has 6 heteroatoms. The van der Waals surface area contributed by atoms with E-state index in [4.69, 9.17) is 4.74 Å². The van der Waals surface area contributed by atoms with Gasteiger partial charge in [0.2, 0.25) is 0 Å². The second-order valence-corrected chi connectivity index (χ2v) is 5.76. The van der Waals surface area contributed by atoms with E-state index in [0.29, 0.717) is 22.9 Å². The smallest absolute Gasteiger partial charge is 0.256 e. The third-order valence-corrected chi connectivity index (χ3v) is 3.92. The van der Waals surface area contributed by atoms with Crippen molar-refractivity contribution >= 4 is 17.5 Å².